The van der Waals surface area contributed by atoms with E-state index in [9.17, 15) is 24.8 Å². The van der Waals surface area contributed by atoms with E-state index < -0.39 is 27.6 Å². The van der Waals surface area contributed by atoms with Crippen molar-refractivity contribution in [3.63, 3.8) is 0 Å². The number of nitro groups is 1. The summed E-state index contributed by atoms with van der Waals surface area (Å²) in [5.41, 5.74) is 1.56. The number of nitro benzene ring substituents is 1. The summed E-state index contributed by atoms with van der Waals surface area (Å²) in [6.45, 7) is 1.73. The first-order chi connectivity index (χ1) is 15.3. The summed E-state index contributed by atoms with van der Waals surface area (Å²) in [7, 11) is 1.60. The number of rotatable bonds is 7. The van der Waals surface area contributed by atoms with Gasteiger partial charge in [-0.3, -0.25) is 10.1 Å². The number of quaternary nitrogens is 1. The first kappa shape index (κ1) is 23.6. The Kier molecular flexibility index (Phi) is 7.37. The second-order valence-electron chi connectivity index (χ2n) is 7.68. The van der Waals surface area contributed by atoms with Crippen LogP contribution in [0.25, 0.3) is 0 Å². The van der Waals surface area contributed by atoms with Crippen LogP contribution in [0.5, 0.6) is 5.75 Å². The van der Waals surface area contributed by atoms with Gasteiger partial charge in [0, 0.05) is 24.3 Å². The highest BCUT2D eigenvalue weighted by Gasteiger charge is 2.58. The first-order valence-electron chi connectivity index (χ1n) is 10.0. The normalized spacial score (nSPS) is 22.3. The number of amides is 2. The average Bonchev–Trinajstić information content (AvgIpc) is 3.14. The molecule has 32 heavy (non-hydrogen) atoms. The number of imide groups is 1. The maximum absolute atomic E-state index is 12.9. The van der Waals surface area contributed by atoms with Crippen LogP contribution in [0.15, 0.2) is 48.5 Å². The zero-order chi connectivity index (χ0) is 23.3. The average molecular weight is 462 g/mol. The monoisotopic (exact) mass is 461 g/mol. The molecule has 1 unspecified atom stereocenters. The molecule has 1 heterocycles. The third-order valence-electron chi connectivity index (χ3n) is 5.67. The Bertz CT molecular complexity index is 981. The van der Waals surface area contributed by atoms with Gasteiger partial charge in [-0.2, -0.15) is 9.59 Å². The maximum Gasteiger partial charge on any atom is 0.527 e. The number of carbonyl (C=O) groups is 2. The van der Waals surface area contributed by atoms with Gasteiger partial charge in [0.2, 0.25) is 0 Å². The number of thioether (sulfide) groups is 1. The Hall–Kier alpha value is -3.11. The van der Waals surface area contributed by atoms with Gasteiger partial charge in [0.25, 0.3) is 5.69 Å². The van der Waals surface area contributed by atoms with Crippen molar-refractivity contribution in [2.75, 3.05) is 13.7 Å². The highest BCUT2D eigenvalue weighted by Crippen LogP contribution is 2.37. The first-order valence-corrected chi connectivity index (χ1v) is 11.1. The number of methoxy groups -OCH3 is 1. The number of ether oxygens (including phenoxy) is 2. The third kappa shape index (κ3) is 5.03. The quantitative estimate of drug-likeness (QED) is 0.354. The molecule has 2 amide bonds. The molecule has 1 aliphatic rings. The predicted molar refractivity (Wildman–Crippen MR) is 119 cm³/mol. The lowest BCUT2D eigenvalue weighted by Gasteiger charge is -2.28. The van der Waals surface area contributed by atoms with E-state index in [4.69, 9.17) is 9.47 Å². The Morgan fingerprint density at radius 3 is 2.34 bits per heavy atom. The fourth-order valence-corrected chi connectivity index (χ4v) is 5.14. The second kappa shape index (κ2) is 10.0. The molecule has 3 atom stereocenters. The Balaban J connectivity index is 1.63. The number of non-ortho nitro benzene ring substituents is 1. The van der Waals surface area contributed by atoms with E-state index in [1.165, 1.54) is 24.3 Å². The molecule has 1 fully saturated rings. The maximum atomic E-state index is 12.9. The van der Waals surface area contributed by atoms with Crippen molar-refractivity contribution in [3.8, 4) is 5.75 Å². The molecular weight excluding hydrogens is 436 g/mol. The lowest BCUT2D eigenvalue weighted by Crippen LogP contribution is -2.59. The molecule has 1 saturated heterocycles. The van der Waals surface area contributed by atoms with Gasteiger partial charge in [0.15, 0.2) is 0 Å². The summed E-state index contributed by atoms with van der Waals surface area (Å²) in [5, 5.41) is 20.7. The summed E-state index contributed by atoms with van der Waals surface area (Å²) in [4.78, 5) is 35.3. The number of hydrogen-bond acceptors (Lipinski definition) is 7. The lowest BCUT2D eigenvalue weighted by molar-refractivity contribution is -0.795. The number of carboxylic acid groups (broad SMARTS) is 1. The van der Waals surface area contributed by atoms with E-state index in [-0.39, 0.29) is 24.1 Å². The van der Waals surface area contributed by atoms with Gasteiger partial charge in [-0.15, -0.1) is 16.2 Å². The molecule has 2 aromatic carbocycles. The number of benzene rings is 2. The van der Waals surface area contributed by atoms with Crippen LogP contribution in [0, 0.1) is 10.1 Å². The second-order valence-corrected chi connectivity index (χ2v) is 8.97. The molecular formula is C22H25N2O7S+. The third-order valence-corrected chi connectivity index (χ3v) is 6.98. The van der Waals surface area contributed by atoms with Gasteiger partial charge >= 0.3 is 12.2 Å². The van der Waals surface area contributed by atoms with Crippen LogP contribution in [-0.4, -0.2) is 51.6 Å². The summed E-state index contributed by atoms with van der Waals surface area (Å²) in [5.74, 6) is 1.46. The number of nitrogens with zero attached hydrogens (tertiary/aromatic N) is 2. The van der Waals surface area contributed by atoms with E-state index in [2.05, 4.69) is 0 Å². The van der Waals surface area contributed by atoms with E-state index in [1.54, 1.807) is 25.8 Å². The zero-order valence-electron chi connectivity index (χ0n) is 17.8. The zero-order valence-corrected chi connectivity index (χ0v) is 18.6. The summed E-state index contributed by atoms with van der Waals surface area (Å²) < 4.78 is 9.72. The topological polar surface area (TPSA) is 116 Å². The van der Waals surface area contributed by atoms with Crippen molar-refractivity contribution < 1.29 is 33.6 Å². The summed E-state index contributed by atoms with van der Waals surface area (Å²) in [6.07, 6.45) is -1.49. The van der Waals surface area contributed by atoms with Crippen LogP contribution in [-0.2, 0) is 17.1 Å². The molecule has 1 N–H and O–H groups in total. The van der Waals surface area contributed by atoms with Gasteiger partial charge in [-0.05, 0) is 42.3 Å². The predicted octanol–water partition coefficient (Wildman–Crippen LogP) is 4.83. The molecule has 2 aromatic rings. The largest absolute Gasteiger partial charge is 0.527 e. The van der Waals surface area contributed by atoms with Crippen molar-refractivity contribution >= 4 is 29.6 Å². The van der Waals surface area contributed by atoms with E-state index in [0.29, 0.717) is 17.7 Å². The van der Waals surface area contributed by atoms with Gasteiger partial charge in [-0.1, -0.05) is 12.1 Å². The highest BCUT2D eigenvalue weighted by molar-refractivity contribution is 7.99. The Morgan fingerprint density at radius 1 is 1.16 bits per heavy atom. The van der Waals surface area contributed by atoms with E-state index in [0.717, 1.165) is 11.3 Å². The van der Waals surface area contributed by atoms with Gasteiger partial charge in [0.1, 0.15) is 24.9 Å². The van der Waals surface area contributed by atoms with Crippen LogP contribution in [0.4, 0.5) is 15.3 Å². The smallest absolute Gasteiger partial charge is 0.497 e. The summed E-state index contributed by atoms with van der Waals surface area (Å²) >= 11 is 1.62. The number of hydrogen-bond donors (Lipinski definition) is 1. The minimum absolute atomic E-state index is 0.0184. The number of likely N-dealkylation sites (tertiary alicyclic amines) is 1. The van der Waals surface area contributed by atoms with Crippen LogP contribution in [0.1, 0.15) is 24.5 Å². The minimum Gasteiger partial charge on any atom is -0.497 e. The van der Waals surface area contributed by atoms with Gasteiger partial charge in [0.05, 0.1) is 17.3 Å². The van der Waals surface area contributed by atoms with E-state index >= 15 is 0 Å². The highest BCUT2D eigenvalue weighted by atomic mass is 32.2. The van der Waals surface area contributed by atoms with Crippen LogP contribution in [0.2, 0.25) is 0 Å². The molecule has 0 aromatic heterocycles. The molecule has 1 aliphatic heterocycles. The molecule has 0 radical (unpaired) electrons. The molecule has 0 aliphatic carbocycles. The van der Waals surface area contributed by atoms with Crippen molar-refractivity contribution in [2.24, 2.45) is 0 Å². The molecule has 0 saturated carbocycles. The number of carbonyl (C=O) groups excluding carboxylic acids is 1. The van der Waals surface area contributed by atoms with Crippen molar-refractivity contribution in [2.45, 2.75) is 37.0 Å². The van der Waals surface area contributed by atoms with E-state index in [1.807, 2.05) is 24.3 Å². The van der Waals surface area contributed by atoms with Gasteiger partial charge < -0.3 is 14.6 Å². The van der Waals surface area contributed by atoms with Crippen LogP contribution >= 0.6 is 11.8 Å². The Labute approximate surface area is 189 Å². The fourth-order valence-electron chi connectivity index (χ4n) is 3.77. The Morgan fingerprint density at radius 2 is 1.78 bits per heavy atom. The lowest BCUT2D eigenvalue weighted by atomic mass is 10.2. The molecule has 0 bridgehead atoms. The van der Waals surface area contributed by atoms with Crippen LogP contribution < -0.4 is 4.74 Å². The molecule has 170 valence electrons. The van der Waals surface area contributed by atoms with Crippen molar-refractivity contribution in [1.82, 2.24) is 0 Å². The standard InChI is InChI=1S/C22H24N2O7S/c1-15-11-20(32-14-17-5-9-19(30-2)10-6-17)12-24(15,21(25)26)22(27)31-13-16-3-7-18(8-4-16)23(28)29/h3-10,15,20H,11-14H2,1-2H3/p+1/t15-,20-,24?/m0/s1. The molecule has 9 nitrogen and oxygen atoms in total. The van der Waals surface area contributed by atoms with Crippen LogP contribution in [0.3, 0.4) is 0 Å². The van der Waals surface area contributed by atoms with Gasteiger partial charge in [-0.25, -0.2) is 0 Å². The minimum atomic E-state index is -1.24. The summed E-state index contributed by atoms with van der Waals surface area (Å²) in [6, 6.07) is 12.8. The molecule has 10 heteroatoms. The van der Waals surface area contributed by atoms with Crippen molar-refractivity contribution in [3.05, 3.63) is 69.8 Å². The molecule has 3 rings (SSSR count). The van der Waals surface area contributed by atoms with Crippen molar-refractivity contribution in [1.29, 1.82) is 0 Å². The SMILES string of the molecule is COc1ccc(CS[C@H]2C[C@H](C)[N+](C(=O)O)(C(=O)OCc3ccc([N+](=O)[O-])cc3)C2)cc1. The fraction of sp³-hybridized carbons (Fsp3) is 0.364. The molecule has 0 spiro atoms.